The third kappa shape index (κ3) is 5.53. The van der Waals surface area contributed by atoms with Gasteiger partial charge in [0, 0.05) is 0 Å². The summed E-state index contributed by atoms with van der Waals surface area (Å²) in [6.07, 6.45) is 4.60. The van der Waals surface area contributed by atoms with Gasteiger partial charge in [0.15, 0.2) is 0 Å². The van der Waals surface area contributed by atoms with Crippen LogP contribution in [0.2, 0.25) is 0 Å². The second kappa shape index (κ2) is 7.42. The Morgan fingerprint density at radius 2 is 1.24 bits per heavy atom. The zero-order valence-corrected chi connectivity index (χ0v) is 16.9. The molecule has 21 heavy (non-hydrogen) atoms. The minimum absolute atomic E-state index is 0.160. The van der Waals surface area contributed by atoms with E-state index in [2.05, 4.69) is 10.9 Å². The van der Waals surface area contributed by atoms with Crippen molar-refractivity contribution in [3.8, 4) is 0 Å². The van der Waals surface area contributed by atoms with Crippen molar-refractivity contribution in [3.05, 3.63) is 0 Å². The van der Waals surface area contributed by atoms with E-state index >= 15 is 0 Å². The number of rotatable bonds is 8. The normalized spacial score (nSPS) is 16.9. The molecule has 0 aromatic carbocycles. The molecule has 0 spiro atoms. The fourth-order valence-corrected chi connectivity index (χ4v) is 3.52. The Hall–Kier alpha value is -0.141. The Kier molecular flexibility index (Phi) is 6.08. The van der Waals surface area contributed by atoms with Crippen LogP contribution in [-0.2, 0) is 9.59 Å². The van der Waals surface area contributed by atoms with Gasteiger partial charge in [-0.2, -0.15) is 0 Å². The molecule has 0 saturated heterocycles. The summed E-state index contributed by atoms with van der Waals surface area (Å²) in [6.45, 7) is 0. The van der Waals surface area contributed by atoms with Crippen molar-refractivity contribution in [2.75, 3.05) is 14.1 Å². The van der Waals surface area contributed by atoms with E-state index in [1.54, 1.807) is 10.0 Å². The van der Waals surface area contributed by atoms with E-state index in [4.69, 9.17) is 0 Å². The Bertz CT molecular complexity index is 433. The second-order valence-corrected chi connectivity index (χ2v) is 7.98. The zero-order valence-electron chi connectivity index (χ0n) is 12.2. The fourth-order valence-electron chi connectivity index (χ4n) is 1.92. The van der Waals surface area contributed by atoms with Gasteiger partial charge in [0.2, 0.25) is 0 Å². The molecule has 6 nitrogen and oxygen atoms in total. The summed E-state index contributed by atoms with van der Waals surface area (Å²) in [5.41, 5.74) is 5.49. The van der Waals surface area contributed by atoms with Gasteiger partial charge in [0.05, 0.1) is 0 Å². The van der Waals surface area contributed by atoms with Crippen molar-refractivity contribution in [3.63, 3.8) is 0 Å². The first-order valence-corrected chi connectivity index (χ1v) is 9.35. The standard InChI is InChI=1S/C13H20N4O2Te2/c1-16(12(20)8-3-4-8)14-10(18)7-11(19)15-17(2)13(21)9-5-6-9/h8-9H,3-7H2,1-2H3,(H,14,18)(H,15,19). The number of amides is 2. The van der Waals surface area contributed by atoms with Gasteiger partial charge in [0.1, 0.15) is 0 Å². The summed E-state index contributed by atoms with van der Waals surface area (Å²) >= 11 is 3.87. The maximum atomic E-state index is 11.9. The van der Waals surface area contributed by atoms with Crippen LogP contribution in [0.15, 0.2) is 0 Å². The number of carbonyl (C=O) groups is 2. The van der Waals surface area contributed by atoms with Crippen LogP contribution < -0.4 is 10.9 Å². The monoisotopic (exact) mass is 524 g/mol. The molecule has 0 aromatic rings. The van der Waals surface area contributed by atoms with Crippen LogP contribution in [0.25, 0.3) is 0 Å². The summed E-state index contributed by atoms with van der Waals surface area (Å²) in [5, 5.41) is 3.48. The Balaban J connectivity index is 1.69. The van der Waals surface area contributed by atoms with E-state index in [1.165, 1.54) is 25.7 Å². The minimum atomic E-state index is -0.282. The molecule has 2 amide bonds. The molecular weight excluding hydrogens is 499 g/mol. The van der Waals surface area contributed by atoms with Gasteiger partial charge in [-0.3, -0.25) is 0 Å². The molecule has 8 heteroatoms. The first-order valence-electron chi connectivity index (χ1n) is 7.02. The molecule has 2 rings (SSSR count). The van der Waals surface area contributed by atoms with E-state index in [1.807, 2.05) is 57.7 Å². The molecule has 116 valence electrons. The first-order chi connectivity index (χ1) is 9.88. The summed E-state index contributed by atoms with van der Waals surface area (Å²) in [6, 6.07) is 0. The summed E-state index contributed by atoms with van der Waals surface area (Å²) < 4.78 is 2.32. The fraction of sp³-hybridized carbons (Fsp3) is 0.692. The number of hydrogen-bond acceptors (Lipinski definition) is 4. The summed E-state index contributed by atoms with van der Waals surface area (Å²) in [5.74, 6) is 0.623. The van der Waals surface area contributed by atoms with Crippen molar-refractivity contribution >= 4 is 62.8 Å². The van der Waals surface area contributed by atoms with Crippen molar-refractivity contribution in [1.29, 1.82) is 0 Å². The third-order valence-electron chi connectivity index (χ3n) is 3.42. The molecule has 0 aliphatic heterocycles. The van der Waals surface area contributed by atoms with Crippen LogP contribution >= 0.6 is 0 Å². The molecule has 0 atom stereocenters. The van der Waals surface area contributed by atoms with Gasteiger partial charge in [0.25, 0.3) is 0 Å². The summed E-state index contributed by atoms with van der Waals surface area (Å²) in [4.78, 5) is 23.7. The molecule has 0 radical (unpaired) electrons. The van der Waals surface area contributed by atoms with Gasteiger partial charge in [-0.15, -0.1) is 0 Å². The van der Waals surface area contributed by atoms with Crippen molar-refractivity contribution in [2.45, 2.75) is 32.1 Å². The predicted molar refractivity (Wildman–Crippen MR) is 83.4 cm³/mol. The zero-order chi connectivity index (χ0) is 15.6. The van der Waals surface area contributed by atoms with Crippen molar-refractivity contribution in [1.82, 2.24) is 20.9 Å². The first kappa shape index (κ1) is 17.2. The second-order valence-electron chi connectivity index (χ2n) is 5.59. The van der Waals surface area contributed by atoms with Crippen LogP contribution in [0.1, 0.15) is 32.1 Å². The van der Waals surface area contributed by atoms with Crippen LogP contribution in [0.3, 0.4) is 0 Å². The van der Waals surface area contributed by atoms with Gasteiger partial charge in [-0.05, 0) is 0 Å². The molecule has 2 fully saturated rings. The topological polar surface area (TPSA) is 64.7 Å². The molecule has 2 saturated carbocycles. The van der Waals surface area contributed by atoms with E-state index in [-0.39, 0.29) is 18.2 Å². The van der Waals surface area contributed by atoms with Crippen molar-refractivity contribution < 1.29 is 9.59 Å². The van der Waals surface area contributed by atoms with E-state index < -0.39 is 0 Å². The molecular formula is C13H20N4O2Te2. The molecule has 2 aliphatic carbocycles. The van der Waals surface area contributed by atoms with E-state index in [9.17, 15) is 9.59 Å². The van der Waals surface area contributed by atoms with Gasteiger partial charge in [-0.1, -0.05) is 0 Å². The van der Waals surface area contributed by atoms with Crippen LogP contribution in [0.4, 0.5) is 0 Å². The molecule has 0 unspecified atom stereocenters. The summed E-state index contributed by atoms with van der Waals surface area (Å²) in [7, 11) is 3.65. The molecule has 0 heterocycles. The van der Waals surface area contributed by atoms with E-state index in [0.717, 1.165) is 7.35 Å². The Labute approximate surface area is 150 Å². The predicted octanol–water partition coefficient (Wildman–Crippen LogP) is -1.28. The average molecular weight is 520 g/mol. The molecule has 2 aliphatic rings. The number of hydrazine groups is 2. The van der Waals surface area contributed by atoms with Crippen molar-refractivity contribution in [2.24, 2.45) is 11.8 Å². The SMILES string of the molecule is CN(NC(=O)CC(=O)NN(C)C(=[Te])C1CC1)C(=[Te])C1CC1. The Morgan fingerprint density at radius 1 is 0.905 bits per heavy atom. The Morgan fingerprint density at radius 3 is 1.52 bits per heavy atom. The van der Waals surface area contributed by atoms with Crippen LogP contribution in [0, 0.1) is 11.8 Å². The third-order valence-corrected chi connectivity index (χ3v) is 6.89. The van der Waals surface area contributed by atoms with Crippen LogP contribution in [0.5, 0.6) is 0 Å². The number of hydrogen-bond donors (Lipinski definition) is 2. The number of nitrogens with one attached hydrogen (secondary N) is 2. The number of nitrogens with zero attached hydrogens (tertiary/aromatic N) is 2. The van der Waals surface area contributed by atoms with Gasteiger partial charge < -0.3 is 0 Å². The van der Waals surface area contributed by atoms with Gasteiger partial charge >= 0.3 is 151 Å². The van der Waals surface area contributed by atoms with Crippen LogP contribution in [-0.4, -0.2) is 86.9 Å². The average Bonchev–Trinajstić information content (AvgIpc) is 3.29. The molecule has 2 N–H and O–H groups in total. The van der Waals surface area contributed by atoms with Gasteiger partial charge in [-0.25, -0.2) is 0 Å². The maximum absolute atomic E-state index is 11.9. The van der Waals surface area contributed by atoms with E-state index in [0.29, 0.717) is 11.8 Å². The number of carbonyl (C=O) groups excluding carboxylic acids is 2. The molecule has 0 aromatic heterocycles. The quantitative estimate of drug-likeness (QED) is 0.238. The molecule has 0 bridgehead atoms.